The molecule has 33 nitrogen and oxygen atoms in total. The molecule has 2 aromatic heterocycles. The third kappa shape index (κ3) is 20.1. The maximum atomic E-state index is 14.7. The first-order valence-corrected chi connectivity index (χ1v) is 33.4. The van der Waals surface area contributed by atoms with E-state index in [9.17, 15) is 79.4 Å². The van der Waals surface area contributed by atoms with Gasteiger partial charge in [-0.15, -0.1) is 4.33 Å². The Kier molecular flexibility index (Phi) is 27.8. The molecule has 0 bridgehead atoms. The minimum atomic E-state index is -2.23. The van der Waals surface area contributed by atoms with Crippen molar-refractivity contribution in [3.8, 4) is 39.1 Å². The zero-order valence-corrected chi connectivity index (χ0v) is 58.5. The Morgan fingerprint density at radius 2 is 1.47 bits per heavy atom. The Labute approximate surface area is 598 Å². The number of morpholine rings is 1. The van der Waals surface area contributed by atoms with E-state index in [2.05, 4.69) is 54.7 Å². The van der Waals surface area contributed by atoms with Crippen LogP contribution in [0.4, 0.5) is 0 Å². The van der Waals surface area contributed by atoms with Gasteiger partial charge in [0.2, 0.25) is 46.3 Å². The zero-order valence-electron chi connectivity index (χ0n) is 54.9. The molecule has 0 saturated carbocycles. The molecule has 4 aliphatic heterocycles. The van der Waals surface area contributed by atoms with E-state index in [1.807, 2.05) is 24.3 Å². The number of aliphatic hydroxyl groups excluding tert-OH is 6. The van der Waals surface area contributed by atoms with Crippen LogP contribution in [0.15, 0.2) is 72.9 Å². The number of carbonyl (C=O) groups excluding carboxylic acids is 8. The number of carbonyl (C=O) groups is 8. The predicted molar refractivity (Wildman–Crippen MR) is 345 cm³/mol. The SMILES string of the molecule is CC(O)C1NC(=O)[C@@H](NC(=O)c2ccc(-c3cn4nc(-c5ccc(OCCCCCN6C[C@@H](C)O[C@@H](C)C6)cc5)sc4n3)cc2)CC(O)CNC(=O)C2C(O)C(C)CN2C(=O)C(C(O)CC(N)=O)NC(=O)C(C(O)Cc2ccc(O)c(OSOO[O-])c2)NC(=O)C2CC(O)CN2C1=O.[Na+]. The van der Waals surface area contributed by atoms with Crippen molar-refractivity contribution in [2.45, 2.75) is 158 Å². The number of phenolic OH excluding ortho intramolecular Hbond substituents is 1. The Hall–Kier alpha value is -7.17. The number of ether oxygens (including phenoxy) is 2. The number of β-amino-alcohol motifs (C(OH)–C–C–N with tert-alkyl or cyclic N) is 1. The number of hydrogen-bond donors (Lipinski definition) is 13. The van der Waals surface area contributed by atoms with Crippen LogP contribution in [0.3, 0.4) is 0 Å². The average Bonchev–Trinajstić information content (AvgIpc) is 1.69. The number of amides is 8. The van der Waals surface area contributed by atoms with Crippen molar-refractivity contribution < 1.29 is 132 Å². The summed E-state index contributed by atoms with van der Waals surface area (Å²) in [7, 11) is 0. The number of primary amides is 1. The van der Waals surface area contributed by atoms with E-state index in [4.69, 9.17) is 29.5 Å². The predicted octanol–water partition coefficient (Wildman–Crippen LogP) is -5.52. The van der Waals surface area contributed by atoms with E-state index in [0.29, 0.717) is 27.8 Å². The number of nitrogens with one attached hydrogen (secondary N) is 5. The molecule has 99 heavy (non-hydrogen) atoms. The summed E-state index contributed by atoms with van der Waals surface area (Å²) in [5, 5.41) is 110. The third-order valence-electron chi connectivity index (χ3n) is 17.3. The van der Waals surface area contributed by atoms with Gasteiger partial charge in [-0.1, -0.05) is 36.5 Å². The number of phenols is 1. The van der Waals surface area contributed by atoms with Gasteiger partial charge in [0.1, 0.15) is 47.0 Å². The number of aromatic hydroxyl groups is 1. The van der Waals surface area contributed by atoms with Crippen molar-refractivity contribution >= 4 is 75.9 Å². The summed E-state index contributed by atoms with van der Waals surface area (Å²) in [5.74, 6) is -10.4. The number of fused-ring (bicyclic) bond motifs is 3. The fourth-order valence-corrected chi connectivity index (χ4v) is 13.5. The second kappa shape index (κ2) is 35.4. The maximum absolute atomic E-state index is 14.7. The Bertz CT molecular complexity index is 3590. The van der Waals surface area contributed by atoms with E-state index in [1.54, 1.807) is 22.8 Å². The molecule has 3 aromatic carbocycles. The molecule has 0 spiro atoms. The van der Waals surface area contributed by atoms with Crippen molar-refractivity contribution in [1.29, 1.82) is 0 Å². The molecule has 0 radical (unpaired) electrons. The molecule has 9 rings (SSSR count). The monoisotopic (exact) mass is 1430 g/mol. The molecule has 532 valence electrons. The molecule has 12 unspecified atom stereocenters. The molecule has 6 heterocycles. The van der Waals surface area contributed by atoms with Gasteiger partial charge in [-0.25, -0.2) is 9.50 Å². The maximum Gasteiger partial charge on any atom is 1.00 e. The summed E-state index contributed by atoms with van der Waals surface area (Å²) in [5.41, 5.74) is 7.44. The summed E-state index contributed by atoms with van der Waals surface area (Å²) in [6, 6.07) is 5.46. The minimum Gasteiger partial charge on any atom is -0.691 e. The van der Waals surface area contributed by atoms with E-state index in [0.717, 1.165) is 79.1 Å². The van der Waals surface area contributed by atoms with Crippen LogP contribution in [-0.2, 0) is 54.1 Å². The van der Waals surface area contributed by atoms with Crippen molar-refractivity contribution in [3.05, 3.63) is 84.1 Å². The van der Waals surface area contributed by atoms with E-state index < -0.39 is 177 Å². The van der Waals surface area contributed by atoms with Gasteiger partial charge in [-0.05, 0) is 101 Å². The second-order valence-corrected chi connectivity index (χ2v) is 26.4. The molecule has 15 atom stereocenters. The van der Waals surface area contributed by atoms with E-state index in [-0.39, 0.29) is 71.0 Å². The average molecular weight is 1430 g/mol. The molecule has 8 amide bonds. The molecular weight excluding hydrogens is 1350 g/mol. The number of rotatable bonds is 22. The van der Waals surface area contributed by atoms with Crippen LogP contribution in [0.1, 0.15) is 82.1 Å². The molecule has 14 N–H and O–H groups in total. The van der Waals surface area contributed by atoms with Crippen LogP contribution in [0.2, 0.25) is 0 Å². The van der Waals surface area contributed by atoms with Crippen LogP contribution in [0.5, 0.6) is 17.2 Å². The largest absolute Gasteiger partial charge is 1.00 e. The fourth-order valence-electron chi connectivity index (χ4n) is 12.4. The van der Waals surface area contributed by atoms with Crippen LogP contribution >= 0.6 is 23.7 Å². The van der Waals surface area contributed by atoms with Crippen molar-refractivity contribution in [2.24, 2.45) is 11.7 Å². The smallest absolute Gasteiger partial charge is 0.691 e. The van der Waals surface area contributed by atoms with Crippen molar-refractivity contribution in [1.82, 2.24) is 55.9 Å². The fraction of sp³-hybridized carbons (Fsp3) is 0.524. The van der Waals surface area contributed by atoms with Crippen LogP contribution in [0.25, 0.3) is 26.8 Å². The zero-order chi connectivity index (χ0) is 70.6. The Morgan fingerprint density at radius 3 is 2.15 bits per heavy atom. The minimum absolute atomic E-state index is 0. The third-order valence-corrected chi connectivity index (χ3v) is 18.6. The standard InChI is InChI=1S/C63H82N12O21S2.Na/c1-31-26-74-53(54(31)83)59(88)65-25-39(77)22-42(66-55(84)37-11-9-36(10-12-37)43-30-75-63(67-43)97-60(71-75)38-13-15-41(16-14-38)92-19-7-5-6-18-72-27-32(2)93-33(3)28-72)56(85)68-50(34(4)76)61(89)73-29-40(78)23-44(73)57(86)69-51(58(87)70-52(62(74)90)47(81)24-49(64)82)46(80)20-35-8-17-45(79)48(21-35)94-98-96-95-91;/h8-17,21,30-34,39-40,42,44,46-47,50-54,76-81,83,91H,5-7,18-20,22-29H2,1-4H3,(H2,64,82)(H,65,88)(H,66,84)(H,68,85)(H,69,86)(H,70,87);/q;+1/p-1/t31?,32-,33+,34?,39?,40?,42-,44?,46?,47?,50?,51?,52?,53?,54?;/m0./s1. The summed E-state index contributed by atoms with van der Waals surface area (Å²) >= 11 is 1.35. The Morgan fingerprint density at radius 1 is 0.798 bits per heavy atom. The van der Waals surface area contributed by atoms with Gasteiger partial charge in [0, 0.05) is 74.6 Å². The first-order valence-electron chi connectivity index (χ1n) is 31.9. The quantitative estimate of drug-likeness (QED) is 0.0101. The number of aromatic nitrogens is 3. The van der Waals surface area contributed by atoms with Crippen LogP contribution in [-0.4, -0.2) is 243 Å². The molecule has 4 fully saturated rings. The molecule has 0 aliphatic carbocycles. The molecule has 4 aliphatic rings. The topological polar surface area (TPSA) is 473 Å². The number of nitrogens with two attached hydrogens (primary N) is 1. The Balaban J connectivity index is 0.0000125. The van der Waals surface area contributed by atoms with Gasteiger partial charge in [-0.2, -0.15) is 5.10 Å². The first-order chi connectivity index (χ1) is 46.7. The van der Waals surface area contributed by atoms with Gasteiger partial charge in [0.05, 0.1) is 73.8 Å². The van der Waals surface area contributed by atoms with E-state index in [1.165, 1.54) is 36.5 Å². The molecular formula is C63H81N12NaO21S2. The van der Waals surface area contributed by atoms with Gasteiger partial charge < -0.3 is 96.8 Å². The van der Waals surface area contributed by atoms with Gasteiger partial charge >= 0.3 is 29.6 Å². The number of hydrogen-bond acceptors (Lipinski definition) is 26. The number of aliphatic hydroxyl groups is 6. The second-order valence-electron chi connectivity index (χ2n) is 25.0. The van der Waals surface area contributed by atoms with Crippen LogP contribution < -0.4 is 76.1 Å². The summed E-state index contributed by atoms with van der Waals surface area (Å²) in [4.78, 5) is 123. The molecule has 4 saturated heterocycles. The number of unbranched alkanes of at least 4 members (excludes halogenated alkanes) is 2. The number of nitrogens with zero attached hydrogens (tertiary/aromatic N) is 6. The molecule has 5 aromatic rings. The summed E-state index contributed by atoms with van der Waals surface area (Å²) in [6.45, 7) is 8.59. The van der Waals surface area contributed by atoms with Crippen molar-refractivity contribution in [2.75, 3.05) is 45.9 Å². The van der Waals surface area contributed by atoms with Crippen LogP contribution in [0, 0.1) is 5.92 Å². The summed E-state index contributed by atoms with van der Waals surface area (Å²) < 4.78 is 22.7. The van der Waals surface area contributed by atoms with Gasteiger partial charge in [0.15, 0.2) is 11.5 Å². The van der Waals surface area contributed by atoms with Gasteiger partial charge in [-0.3, -0.25) is 48.3 Å². The number of imidazole rings is 1. The number of benzene rings is 3. The molecule has 36 heteroatoms. The normalized spacial score (nSPS) is 26.3. The van der Waals surface area contributed by atoms with Crippen molar-refractivity contribution in [3.63, 3.8) is 0 Å². The van der Waals surface area contributed by atoms with E-state index >= 15 is 0 Å². The first kappa shape index (κ1) is 77.6. The van der Waals surface area contributed by atoms with Gasteiger partial charge in [0.25, 0.3) is 18.2 Å². The summed E-state index contributed by atoms with van der Waals surface area (Å²) in [6.07, 6.45) is -8.44.